The zero-order valence-electron chi connectivity index (χ0n) is 21.0. The number of imidazole rings is 1. The van der Waals surface area contributed by atoms with E-state index in [1.165, 1.54) is 25.2 Å². The van der Waals surface area contributed by atoms with Crippen molar-refractivity contribution in [1.29, 1.82) is 0 Å². The summed E-state index contributed by atoms with van der Waals surface area (Å²) in [6.07, 6.45) is -3.58. The van der Waals surface area contributed by atoms with Gasteiger partial charge in [-0.05, 0) is 30.0 Å². The van der Waals surface area contributed by atoms with Crippen LogP contribution < -0.4 is 10.6 Å². The number of carbonyl (C=O) groups excluding carboxylic acids is 2. The van der Waals surface area contributed by atoms with Gasteiger partial charge in [-0.1, -0.05) is 11.6 Å². The molecule has 2 aromatic heterocycles. The Kier molecular flexibility index (Phi) is 6.18. The lowest BCUT2D eigenvalue weighted by Gasteiger charge is -2.18. The summed E-state index contributed by atoms with van der Waals surface area (Å²) in [5.74, 6) is -3.48. The number of fused-ring (bicyclic) bond motifs is 1. The van der Waals surface area contributed by atoms with E-state index in [1.807, 2.05) is 0 Å². The highest BCUT2D eigenvalue weighted by atomic mass is 35.5. The van der Waals surface area contributed by atoms with Crippen molar-refractivity contribution in [2.75, 3.05) is 31.5 Å². The summed E-state index contributed by atoms with van der Waals surface area (Å²) < 4.78 is 69.8. The van der Waals surface area contributed by atoms with Crippen molar-refractivity contribution in [3.8, 4) is 11.3 Å². The largest absolute Gasteiger partial charge is 0.435 e. The second kappa shape index (κ2) is 9.26. The highest BCUT2D eigenvalue weighted by Crippen LogP contribution is 2.53. The number of hydrogen-bond donors (Lipinski definition) is 2. The minimum Gasteiger partial charge on any atom is -0.338 e. The number of carbonyl (C=O) groups is 2. The van der Waals surface area contributed by atoms with Crippen molar-refractivity contribution in [2.24, 2.45) is 18.9 Å². The van der Waals surface area contributed by atoms with Gasteiger partial charge in [-0.3, -0.25) is 14.3 Å². The number of nitrogens with one attached hydrogen (secondary N) is 2. The Morgan fingerprint density at radius 3 is 2.45 bits per heavy atom. The molecule has 3 atom stereocenters. The van der Waals surface area contributed by atoms with E-state index in [9.17, 15) is 31.5 Å². The second-order valence-corrected chi connectivity index (χ2v) is 10.8. The molecule has 0 radical (unpaired) electrons. The Hall–Kier alpha value is -3.52. The molecule has 4 heterocycles. The standard InChI is InChI=1S/C25H23ClF5N7O2/c1-36-18(16-11-38(19-5-24(19,27)28)35-20(16)25(29,30)31)8-33-21(36)22(39)34-14-2-3-15(17(26)4-14)23(40)37-9-12-6-32-7-13(12)10-37/h2-4,8,11-13,19,32H,5-7,9-10H2,1H3,(H,34,39)/t12-,13+,19-/m1/s1. The molecule has 1 aliphatic carbocycles. The van der Waals surface area contributed by atoms with Crippen molar-refractivity contribution < 1.29 is 31.5 Å². The van der Waals surface area contributed by atoms with Gasteiger partial charge in [-0.15, -0.1) is 0 Å². The lowest BCUT2D eigenvalue weighted by atomic mass is 10.0. The number of aromatic nitrogens is 4. The number of hydrogen-bond acceptors (Lipinski definition) is 5. The van der Waals surface area contributed by atoms with Crippen molar-refractivity contribution >= 4 is 29.1 Å². The van der Waals surface area contributed by atoms with Crippen LogP contribution in [0.4, 0.5) is 27.6 Å². The molecule has 3 aliphatic rings. The SMILES string of the molecule is Cn1c(-c2cn([C@@H]3CC3(F)F)nc2C(F)(F)F)cnc1C(=O)Nc1ccc(C(=O)N2C[C@H]3CNC[C@H]3C2)c(Cl)c1. The van der Waals surface area contributed by atoms with E-state index in [-0.39, 0.29) is 28.1 Å². The topological polar surface area (TPSA) is 97.1 Å². The molecule has 2 N–H and O–H groups in total. The molecule has 40 heavy (non-hydrogen) atoms. The summed E-state index contributed by atoms with van der Waals surface area (Å²) in [5.41, 5.74) is -1.41. The van der Waals surface area contributed by atoms with Gasteiger partial charge in [0, 0.05) is 51.5 Å². The molecule has 0 spiro atoms. The Balaban J connectivity index is 1.20. The van der Waals surface area contributed by atoms with E-state index >= 15 is 0 Å². The molecule has 6 rings (SSSR count). The number of rotatable bonds is 5. The van der Waals surface area contributed by atoms with Crippen LogP contribution in [0, 0.1) is 11.8 Å². The van der Waals surface area contributed by atoms with Crippen molar-refractivity contribution in [3.05, 3.63) is 52.7 Å². The minimum atomic E-state index is -4.92. The monoisotopic (exact) mass is 583 g/mol. The zero-order valence-corrected chi connectivity index (χ0v) is 21.7. The molecule has 2 saturated heterocycles. The summed E-state index contributed by atoms with van der Waals surface area (Å²) >= 11 is 6.38. The predicted octanol–water partition coefficient (Wildman–Crippen LogP) is 4.08. The molecule has 2 aliphatic heterocycles. The highest BCUT2D eigenvalue weighted by Gasteiger charge is 2.59. The van der Waals surface area contributed by atoms with Crippen LogP contribution in [0.1, 0.15) is 39.1 Å². The average molecular weight is 584 g/mol. The Morgan fingerprint density at radius 2 is 1.85 bits per heavy atom. The van der Waals surface area contributed by atoms with Crippen LogP contribution in [0.2, 0.25) is 5.02 Å². The maximum atomic E-state index is 13.7. The Labute approximate surface area is 229 Å². The molecule has 0 unspecified atom stereocenters. The van der Waals surface area contributed by atoms with E-state index in [1.54, 1.807) is 4.90 Å². The van der Waals surface area contributed by atoms with Gasteiger partial charge in [-0.2, -0.15) is 18.3 Å². The highest BCUT2D eigenvalue weighted by molar-refractivity contribution is 6.34. The molecular formula is C25H23ClF5N7O2. The van der Waals surface area contributed by atoms with Gasteiger partial charge in [0.1, 0.15) is 6.04 Å². The average Bonchev–Trinajstić information content (AvgIpc) is 3.42. The maximum Gasteiger partial charge on any atom is 0.435 e. The first-order chi connectivity index (χ1) is 18.8. The number of halogens is 6. The van der Waals surface area contributed by atoms with Crippen LogP contribution in [0.25, 0.3) is 11.3 Å². The fourth-order valence-electron chi connectivity index (χ4n) is 5.45. The van der Waals surface area contributed by atoms with Crippen LogP contribution in [0.15, 0.2) is 30.6 Å². The third-order valence-corrected chi connectivity index (χ3v) is 8.03. The normalized spacial score (nSPS) is 23.4. The van der Waals surface area contributed by atoms with Gasteiger partial charge in [0.05, 0.1) is 28.0 Å². The smallest absolute Gasteiger partial charge is 0.338 e. The third kappa shape index (κ3) is 4.62. The van der Waals surface area contributed by atoms with E-state index in [0.29, 0.717) is 35.2 Å². The predicted molar refractivity (Wildman–Crippen MR) is 133 cm³/mol. The maximum absolute atomic E-state index is 13.7. The Bertz CT molecular complexity index is 1510. The molecule has 1 saturated carbocycles. The third-order valence-electron chi connectivity index (χ3n) is 7.71. The number of likely N-dealkylation sites (tertiary alicyclic amines) is 1. The van der Waals surface area contributed by atoms with E-state index in [0.717, 1.165) is 30.1 Å². The first-order valence-electron chi connectivity index (χ1n) is 12.5. The summed E-state index contributed by atoms with van der Waals surface area (Å²) in [7, 11) is 1.33. The van der Waals surface area contributed by atoms with Crippen LogP contribution >= 0.6 is 11.6 Å². The molecule has 3 fully saturated rings. The van der Waals surface area contributed by atoms with Gasteiger partial charge in [0.15, 0.2) is 11.5 Å². The molecule has 9 nitrogen and oxygen atoms in total. The van der Waals surface area contributed by atoms with Crippen LogP contribution in [0.3, 0.4) is 0 Å². The lowest BCUT2D eigenvalue weighted by Crippen LogP contribution is -2.32. The first-order valence-corrected chi connectivity index (χ1v) is 12.9. The molecular weight excluding hydrogens is 561 g/mol. The summed E-state index contributed by atoms with van der Waals surface area (Å²) in [6, 6.07) is 2.96. The summed E-state index contributed by atoms with van der Waals surface area (Å²) in [5, 5.41) is 9.41. The molecule has 212 valence electrons. The van der Waals surface area contributed by atoms with E-state index in [2.05, 4.69) is 20.7 Å². The van der Waals surface area contributed by atoms with Crippen molar-refractivity contribution in [1.82, 2.24) is 29.5 Å². The number of benzene rings is 1. The first kappa shape index (κ1) is 26.7. The van der Waals surface area contributed by atoms with Crippen molar-refractivity contribution in [2.45, 2.75) is 24.6 Å². The van der Waals surface area contributed by atoms with Gasteiger partial charge in [0.25, 0.3) is 17.7 Å². The fourth-order valence-corrected chi connectivity index (χ4v) is 5.71. The number of alkyl halides is 5. The van der Waals surface area contributed by atoms with Crippen LogP contribution in [-0.4, -0.2) is 68.1 Å². The lowest BCUT2D eigenvalue weighted by molar-refractivity contribution is -0.141. The quantitative estimate of drug-likeness (QED) is 0.441. The number of nitrogens with zero attached hydrogens (tertiary/aromatic N) is 5. The van der Waals surface area contributed by atoms with Gasteiger partial charge in [0.2, 0.25) is 0 Å². The van der Waals surface area contributed by atoms with E-state index < -0.39 is 41.7 Å². The van der Waals surface area contributed by atoms with Gasteiger partial charge in [-0.25, -0.2) is 13.8 Å². The fraction of sp³-hybridized carbons (Fsp3) is 0.440. The molecule has 2 amide bonds. The van der Waals surface area contributed by atoms with E-state index in [4.69, 9.17) is 11.6 Å². The molecule has 0 bridgehead atoms. The molecule has 15 heteroatoms. The summed E-state index contributed by atoms with van der Waals surface area (Å²) in [4.78, 5) is 31.7. The molecule has 1 aromatic carbocycles. The van der Waals surface area contributed by atoms with Crippen LogP contribution in [-0.2, 0) is 13.2 Å². The van der Waals surface area contributed by atoms with Crippen LogP contribution in [0.5, 0.6) is 0 Å². The number of amides is 2. The number of anilines is 1. The zero-order chi connectivity index (χ0) is 28.6. The molecule has 3 aromatic rings. The van der Waals surface area contributed by atoms with Gasteiger partial charge < -0.3 is 20.1 Å². The van der Waals surface area contributed by atoms with Gasteiger partial charge >= 0.3 is 6.18 Å². The van der Waals surface area contributed by atoms with Crippen molar-refractivity contribution in [3.63, 3.8) is 0 Å². The summed E-state index contributed by atoms with van der Waals surface area (Å²) in [6.45, 7) is 3.03. The Morgan fingerprint density at radius 1 is 1.18 bits per heavy atom. The second-order valence-electron chi connectivity index (χ2n) is 10.4. The minimum absolute atomic E-state index is 0.128.